The summed E-state index contributed by atoms with van der Waals surface area (Å²) in [6.45, 7) is 5.19. The second-order valence-corrected chi connectivity index (χ2v) is 8.42. The highest BCUT2D eigenvalue weighted by atomic mass is 32.2. The van der Waals surface area contributed by atoms with Crippen LogP contribution in [0.25, 0.3) is 0 Å². The van der Waals surface area contributed by atoms with Crippen LogP contribution in [0.2, 0.25) is 0 Å². The Morgan fingerprint density at radius 3 is 2.33 bits per heavy atom. The summed E-state index contributed by atoms with van der Waals surface area (Å²) in [7, 11) is 0. The van der Waals surface area contributed by atoms with Crippen molar-refractivity contribution in [2.45, 2.75) is 5.25 Å². The molecule has 30 heavy (non-hydrogen) atoms. The van der Waals surface area contributed by atoms with Crippen LogP contribution in [-0.2, 0) is 19.1 Å². The number of benzene rings is 1. The average molecular weight is 429 g/mol. The summed E-state index contributed by atoms with van der Waals surface area (Å²) >= 11 is 1.31. The monoisotopic (exact) mass is 428 g/mol. The molecule has 3 aliphatic rings. The minimum absolute atomic E-state index is 0.0172. The van der Waals surface area contributed by atoms with E-state index in [2.05, 4.69) is 11.0 Å². The first-order valence-electron chi connectivity index (χ1n) is 10.1. The molecule has 0 radical (unpaired) electrons. The number of amides is 2. The lowest BCUT2D eigenvalue weighted by Gasteiger charge is -2.28. The van der Waals surface area contributed by atoms with Crippen molar-refractivity contribution in [2.24, 2.45) is 0 Å². The maximum Gasteiger partial charge on any atom is 0.267 e. The van der Waals surface area contributed by atoms with E-state index in [0.717, 1.165) is 13.1 Å². The molecule has 3 heterocycles. The van der Waals surface area contributed by atoms with Gasteiger partial charge >= 0.3 is 0 Å². The van der Waals surface area contributed by atoms with Crippen molar-refractivity contribution in [3.05, 3.63) is 40.9 Å². The molecule has 0 N–H and O–H groups in total. The Kier molecular flexibility index (Phi) is 6.69. The van der Waals surface area contributed by atoms with E-state index in [1.807, 2.05) is 30.3 Å². The van der Waals surface area contributed by atoms with Gasteiger partial charge in [0.15, 0.2) is 0 Å². The van der Waals surface area contributed by atoms with E-state index in [0.29, 0.717) is 56.8 Å². The number of nitrogens with zero attached hydrogens (tertiary/aromatic N) is 4. The second-order valence-electron chi connectivity index (χ2n) is 7.23. The fraction of sp³-hybridized carbons (Fsp3) is 0.476. The number of hydrogen-bond donors (Lipinski definition) is 0. The van der Waals surface area contributed by atoms with Gasteiger partial charge in [-0.05, 0) is 12.1 Å². The van der Waals surface area contributed by atoms with Crippen molar-refractivity contribution >= 4 is 29.3 Å². The molecule has 3 aliphatic heterocycles. The second kappa shape index (κ2) is 9.62. The fourth-order valence-electron chi connectivity index (χ4n) is 3.72. The number of morpholine rings is 2. The summed E-state index contributed by atoms with van der Waals surface area (Å²) in [5, 5.41) is 9.93. The van der Waals surface area contributed by atoms with Crippen molar-refractivity contribution in [3.8, 4) is 6.07 Å². The lowest BCUT2D eigenvalue weighted by Crippen LogP contribution is -2.43. The molecule has 4 rings (SSSR count). The highest BCUT2D eigenvalue weighted by Crippen LogP contribution is 2.41. The molecule has 3 saturated heterocycles. The maximum atomic E-state index is 13.4. The number of carbonyl (C=O) groups is 2. The SMILES string of the molecule is N#C/C(C(=O)N1CCOCC1)=C1/SC(CN2CCOCC2)C(=O)N1c1ccccc1. The molecule has 1 aromatic rings. The Labute approximate surface area is 180 Å². The van der Waals surface area contributed by atoms with Gasteiger partial charge in [0, 0.05) is 38.4 Å². The molecule has 9 heteroatoms. The van der Waals surface area contributed by atoms with E-state index >= 15 is 0 Å². The molecule has 1 unspecified atom stereocenters. The smallest absolute Gasteiger partial charge is 0.267 e. The first-order valence-corrected chi connectivity index (χ1v) is 10.9. The first-order chi connectivity index (χ1) is 14.7. The molecule has 0 spiro atoms. The minimum atomic E-state index is -0.376. The molecule has 0 bridgehead atoms. The number of carbonyl (C=O) groups excluding carboxylic acids is 2. The van der Waals surface area contributed by atoms with E-state index in [1.165, 1.54) is 16.7 Å². The summed E-state index contributed by atoms with van der Waals surface area (Å²) in [4.78, 5) is 31.8. The third-order valence-electron chi connectivity index (χ3n) is 5.33. The zero-order valence-corrected chi connectivity index (χ0v) is 17.5. The number of nitriles is 1. The molecule has 8 nitrogen and oxygen atoms in total. The molecule has 0 aromatic heterocycles. The largest absolute Gasteiger partial charge is 0.379 e. The van der Waals surface area contributed by atoms with Gasteiger partial charge in [0.1, 0.15) is 21.9 Å². The normalized spacial score (nSPS) is 24.6. The Morgan fingerprint density at radius 1 is 1.07 bits per heavy atom. The number of thioether (sulfide) groups is 1. The summed E-state index contributed by atoms with van der Waals surface area (Å²) < 4.78 is 10.7. The van der Waals surface area contributed by atoms with Gasteiger partial charge in [-0.15, -0.1) is 0 Å². The van der Waals surface area contributed by atoms with Crippen molar-refractivity contribution in [1.82, 2.24) is 9.80 Å². The Hall–Kier alpha value is -2.38. The summed E-state index contributed by atoms with van der Waals surface area (Å²) in [6, 6.07) is 11.3. The van der Waals surface area contributed by atoms with Gasteiger partial charge in [-0.3, -0.25) is 19.4 Å². The Morgan fingerprint density at radius 2 is 1.70 bits per heavy atom. The number of anilines is 1. The lowest BCUT2D eigenvalue weighted by atomic mass is 10.2. The predicted octanol–water partition coefficient (Wildman–Crippen LogP) is 1.06. The molecule has 0 aliphatic carbocycles. The van der Waals surface area contributed by atoms with Crippen LogP contribution in [0.3, 0.4) is 0 Å². The van der Waals surface area contributed by atoms with Crippen LogP contribution in [0.1, 0.15) is 0 Å². The molecular weight excluding hydrogens is 404 g/mol. The third kappa shape index (κ3) is 4.37. The molecule has 2 amide bonds. The molecule has 0 saturated carbocycles. The number of hydrogen-bond acceptors (Lipinski definition) is 7. The highest BCUT2D eigenvalue weighted by molar-refractivity contribution is 8.05. The zero-order valence-electron chi connectivity index (χ0n) is 16.7. The number of rotatable bonds is 4. The molecule has 1 aromatic carbocycles. The molecule has 158 valence electrons. The van der Waals surface area contributed by atoms with Crippen LogP contribution in [0.4, 0.5) is 5.69 Å². The van der Waals surface area contributed by atoms with E-state index < -0.39 is 0 Å². The summed E-state index contributed by atoms with van der Waals surface area (Å²) in [5.41, 5.74) is 0.681. The third-order valence-corrected chi connectivity index (χ3v) is 6.58. The van der Waals surface area contributed by atoms with Crippen molar-refractivity contribution in [1.29, 1.82) is 5.26 Å². The number of para-hydroxylation sites is 1. The first kappa shape index (κ1) is 20.9. The van der Waals surface area contributed by atoms with Gasteiger partial charge in [0.05, 0.1) is 26.4 Å². The molecule has 3 fully saturated rings. The Balaban J connectivity index is 1.66. The van der Waals surface area contributed by atoms with E-state index in [4.69, 9.17) is 9.47 Å². The zero-order chi connectivity index (χ0) is 20.9. The van der Waals surface area contributed by atoms with Crippen LogP contribution < -0.4 is 4.90 Å². The standard InChI is InChI=1S/C21H24N4O4S/c22-14-17(19(26)24-8-12-29-13-9-24)21-25(16-4-2-1-3-5-16)20(27)18(30-21)15-23-6-10-28-11-7-23/h1-5,18H,6-13,15H2/b21-17-. The van der Waals surface area contributed by atoms with E-state index in [9.17, 15) is 14.9 Å². The van der Waals surface area contributed by atoms with Crippen molar-refractivity contribution in [2.75, 3.05) is 64.1 Å². The van der Waals surface area contributed by atoms with Crippen LogP contribution in [0.5, 0.6) is 0 Å². The molecule has 1 atom stereocenters. The minimum Gasteiger partial charge on any atom is -0.379 e. The van der Waals surface area contributed by atoms with Crippen LogP contribution in [0.15, 0.2) is 40.9 Å². The lowest BCUT2D eigenvalue weighted by molar-refractivity contribution is -0.130. The number of ether oxygens (including phenoxy) is 2. The van der Waals surface area contributed by atoms with Gasteiger partial charge in [0.2, 0.25) is 5.91 Å². The van der Waals surface area contributed by atoms with Gasteiger partial charge in [-0.1, -0.05) is 30.0 Å². The quantitative estimate of drug-likeness (QED) is 0.524. The molecular formula is C21H24N4O4S. The van der Waals surface area contributed by atoms with Gasteiger partial charge in [-0.2, -0.15) is 5.26 Å². The van der Waals surface area contributed by atoms with Crippen LogP contribution in [0, 0.1) is 11.3 Å². The van der Waals surface area contributed by atoms with Gasteiger partial charge in [0.25, 0.3) is 5.91 Å². The van der Waals surface area contributed by atoms with Crippen molar-refractivity contribution in [3.63, 3.8) is 0 Å². The average Bonchev–Trinajstić information content (AvgIpc) is 3.11. The van der Waals surface area contributed by atoms with E-state index in [1.54, 1.807) is 4.90 Å². The van der Waals surface area contributed by atoms with Crippen molar-refractivity contribution < 1.29 is 19.1 Å². The van der Waals surface area contributed by atoms with Crippen LogP contribution >= 0.6 is 11.8 Å². The van der Waals surface area contributed by atoms with Crippen LogP contribution in [-0.4, -0.2) is 86.0 Å². The summed E-state index contributed by atoms with van der Waals surface area (Å²) in [5.74, 6) is -0.445. The predicted molar refractivity (Wildman–Crippen MR) is 113 cm³/mol. The maximum absolute atomic E-state index is 13.4. The fourth-order valence-corrected chi connectivity index (χ4v) is 5.03. The van der Waals surface area contributed by atoms with Gasteiger partial charge in [-0.25, -0.2) is 0 Å². The highest BCUT2D eigenvalue weighted by Gasteiger charge is 2.42. The van der Waals surface area contributed by atoms with Gasteiger partial charge < -0.3 is 14.4 Å². The summed E-state index contributed by atoms with van der Waals surface area (Å²) in [6.07, 6.45) is 0. The topological polar surface area (TPSA) is 86.1 Å². The Bertz CT molecular complexity index is 858. The van der Waals surface area contributed by atoms with E-state index in [-0.39, 0.29) is 22.6 Å².